The number of hydrogen-bond donors (Lipinski definition) is 1. The summed E-state index contributed by atoms with van der Waals surface area (Å²) in [7, 11) is 1.65. The highest BCUT2D eigenvalue weighted by Gasteiger charge is 2.08. The Bertz CT molecular complexity index is 628. The second-order valence-electron chi connectivity index (χ2n) is 6.19. The lowest BCUT2D eigenvalue weighted by Gasteiger charge is -2.18. The molecule has 0 heterocycles. The van der Waals surface area contributed by atoms with Gasteiger partial charge in [-0.25, -0.2) is 0 Å². The van der Waals surface area contributed by atoms with E-state index in [2.05, 4.69) is 19.2 Å². The first kappa shape index (κ1) is 18.0. The quantitative estimate of drug-likeness (QED) is 0.729. The average Bonchev–Trinajstić information content (AvgIpc) is 2.59. The highest BCUT2D eigenvalue weighted by atomic mass is 16.5. The van der Waals surface area contributed by atoms with Crippen LogP contribution in [0.15, 0.2) is 48.5 Å². The Kier molecular flexibility index (Phi) is 6.79. The maximum Gasteiger partial charge on any atom is 0.161 e. The van der Waals surface area contributed by atoms with Gasteiger partial charge in [0.05, 0.1) is 20.3 Å². The van der Waals surface area contributed by atoms with E-state index in [0.717, 1.165) is 29.5 Å². The van der Waals surface area contributed by atoms with Gasteiger partial charge in [0.1, 0.15) is 11.9 Å². The standard InChI is InChI=1S/C20H27NO3/c1-15(2)14-23-18-9-7-8-17(12-18)21-13-16(3)24-20-11-6-5-10-19(20)22-4/h5-12,15-16,21H,13-14H2,1-4H3. The van der Waals surface area contributed by atoms with Crippen molar-refractivity contribution in [3.05, 3.63) is 48.5 Å². The molecule has 0 aliphatic heterocycles. The van der Waals surface area contributed by atoms with Crippen LogP contribution in [-0.2, 0) is 0 Å². The molecule has 1 N–H and O–H groups in total. The molecule has 1 atom stereocenters. The van der Waals surface area contributed by atoms with Gasteiger partial charge in [-0.2, -0.15) is 0 Å². The molecule has 0 fully saturated rings. The third-order valence-corrected chi connectivity index (χ3v) is 3.41. The summed E-state index contributed by atoms with van der Waals surface area (Å²) in [5.74, 6) is 2.89. The third kappa shape index (κ3) is 5.69. The molecule has 0 amide bonds. The molecule has 0 radical (unpaired) electrons. The van der Waals surface area contributed by atoms with Crippen LogP contribution in [-0.4, -0.2) is 26.4 Å². The fraction of sp³-hybridized carbons (Fsp3) is 0.400. The summed E-state index contributed by atoms with van der Waals surface area (Å²) in [6.45, 7) is 7.71. The van der Waals surface area contributed by atoms with Gasteiger partial charge in [0, 0.05) is 11.8 Å². The molecule has 130 valence electrons. The smallest absolute Gasteiger partial charge is 0.161 e. The number of ether oxygens (including phenoxy) is 3. The van der Waals surface area contributed by atoms with Crippen molar-refractivity contribution >= 4 is 5.69 Å². The van der Waals surface area contributed by atoms with E-state index in [0.29, 0.717) is 12.5 Å². The van der Waals surface area contributed by atoms with Crippen molar-refractivity contribution in [2.24, 2.45) is 5.92 Å². The lowest BCUT2D eigenvalue weighted by atomic mass is 10.2. The first-order chi connectivity index (χ1) is 11.6. The number of rotatable bonds is 9. The number of anilines is 1. The van der Waals surface area contributed by atoms with E-state index < -0.39 is 0 Å². The SMILES string of the molecule is COc1ccccc1OC(C)CNc1cccc(OCC(C)C)c1. The summed E-state index contributed by atoms with van der Waals surface area (Å²) in [4.78, 5) is 0. The molecule has 0 aliphatic rings. The van der Waals surface area contributed by atoms with Crippen molar-refractivity contribution in [1.29, 1.82) is 0 Å². The van der Waals surface area contributed by atoms with Gasteiger partial charge in [-0.15, -0.1) is 0 Å². The lowest BCUT2D eigenvalue weighted by Crippen LogP contribution is -2.22. The van der Waals surface area contributed by atoms with E-state index in [9.17, 15) is 0 Å². The first-order valence-electron chi connectivity index (χ1n) is 8.35. The van der Waals surface area contributed by atoms with Crippen molar-refractivity contribution in [2.75, 3.05) is 25.6 Å². The second-order valence-corrected chi connectivity index (χ2v) is 6.19. The summed E-state index contributed by atoms with van der Waals surface area (Å²) < 4.78 is 17.0. The second kappa shape index (κ2) is 9.06. The highest BCUT2D eigenvalue weighted by molar-refractivity contribution is 5.48. The van der Waals surface area contributed by atoms with Gasteiger partial charge >= 0.3 is 0 Å². The number of hydrogen-bond acceptors (Lipinski definition) is 4. The van der Waals surface area contributed by atoms with Crippen LogP contribution in [0.1, 0.15) is 20.8 Å². The molecule has 2 rings (SSSR count). The third-order valence-electron chi connectivity index (χ3n) is 3.41. The van der Waals surface area contributed by atoms with Crippen LogP contribution >= 0.6 is 0 Å². The van der Waals surface area contributed by atoms with Crippen molar-refractivity contribution in [3.8, 4) is 17.2 Å². The van der Waals surface area contributed by atoms with Crippen molar-refractivity contribution in [2.45, 2.75) is 26.9 Å². The van der Waals surface area contributed by atoms with Crippen molar-refractivity contribution in [3.63, 3.8) is 0 Å². The molecule has 0 spiro atoms. The van der Waals surface area contributed by atoms with Gasteiger partial charge in [-0.05, 0) is 37.1 Å². The summed E-state index contributed by atoms with van der Waals surface area (Å²) in [5.41, 5.74) is 1.02. The minimum Gasteiger partial charge on any atom is -0.493 e. The first-order valence-corrected chi connectivity index (χ1v) is 8.35. The molecule has 2 aromatic carbocycles. The molecule has 0 saturated heterocycles. The summed E-state index contributed by atoms with van der Waals surface area (Å²) in [6, 6.07) is 15.7. The molecule has 0 bridgehead atoms. The Balaban J connectivity index is 1.87. The van der Waals surface area contributed by atoms with Crippen LogP contribution in [0.3, 0.4) is 0 Å². The zero-order valence-corrected chi connectivity index (χ0v) is 14.9. The van der Waals surface area contributed by atoms with Gasteiger partial charge in [0.15, 0.2) is 11.5 Å². The van der Waals surface area contributed by atoms with Crippen molar-refractivity contribution < 1.29 is 14.2 Å². The minimum atomic E-state index is 0.00142. The molecular formula is C20H27NO3. The van der Waals surface area contributed by atoms with E-state index >= 15 is 0 Å². The Morgan fingerprint density at radius 1 is 0.958 bits per heavy atom. The zero-order valence-electron chi connectivity index (χ0n) is 14.9. The molecule has 0 aliphatic carbocycles. The summed E-state index contributed by atoms with van der Waals surface area (Å²) in [5, 5.41) is 3.38. The maximum atomic E-state index is 5.95. The average molecular weight is 329 g/mol. The van der Waals surface area contributed by atoms with Gasteiger partial charge in [-0.3, -0.25) is 0 Å². The van der Waals surface area contributed by atoms with Gasteiger partial charge in [0.25, 0.3) is 0 Å². The van der Waals surface area contributed by atoms with E-state index in [1.54, 1.807) is 7.11 Å². The molecular weight excluding hydrogens is 302 g/mol. The molecule has 0 aromatic heterocycles. The molecule has 4 heteroatoms. The van der Waals surface area contributed by atoms with Crippen LogP contribution in [0.5, 0.6) is 17.2 Å². The Hall–Kier alpha value is -2.36. The number of para-hydroxylation sites is 2. The van der Waals surface area contributed by atoms with Crippen LogP contribution < -0.4 is 19.5 Å². The van der Waals surface area contributed by atoms with Gasteiger partial charge in [-0.1, -0.05) is 32.0 Å². The molecule has 24 heavy (non-hydrogen) atoms. The topological polar surface area (TPSA) is 39.7 Å². The lowest BCUT2D eigenvalue weighted by molar-refractivity contribution is 0.223. The maximum absolute atomic E-state index is 5.95. The van der Waals surface area contributed by atoms with Crippen LogP contribution in [0.4, 0.5) is 5.69 Å². The van der Waals surface area contributed by atoms with Crippen molar-refractivity contribution in [1.82, 2.24) is 0 Å². The summed E-state index contributed by atoms with van der Waals surface area (Å²) in [6.07, 6.45) is 0.00142. The molecule has 0 saturated carbocycles. The highest BCUT2D eigenvalue weighted by Crippen LogP contribution is 2.27. The van der Waals surface area contributed by atoms with Crippen LogP contribution in [0, 0.1) is 5.92 Å². The fourth-order valence-electron chi connectivity index (χ4n) is 2.19. The summed E-state index contributed by atoms with van der Waals surface area (Å²) >= 11 is 0. The number of methoxy groups -OCH3 is 1. The normalized spacial score (nSPS) is 11.9. The molecule has 4 nitrogen and oxygen atoms in total. The Morgan fingerprint density at radius 3 is 2.42 bits per heavy atom. The van der Waals surface area contributed by atoms with E-state index in [4.69, 9.17) is 14.2 Å². The Morgan fingerprint density at radius 2 is 1.71 bits per heavy atom. The van der Waals surface area contributed by atoms with E-state index in [1.807, 2.05) is 55.5 Å². The molecule has 2 aromatic rings. The van der Waals surface area contributed by atoms with Crippen LogP contribution in [0.25, 0.3) is 0 Å². The number of nitrogens with one attached hydrogen (secondary N) is 1. The predicted molar refractivity (Wildman–Crippen MR) is 98.3 cm³/mol. The van der Waals surface area contributed by atoms with E-state index in [1.165, 1.54) is 0 Å². The zero-order chi connectivity index (χ0) is 17.4. The van der Waals surface area contributed by atoms with E-state index in [-0.39, 0.29) is 6.10 Å². The number of benzene rings is 2. The predicted octanol–water partition coefficient (Wildman–Crippen LogP) is 4.61. The Labute approximate surface area is 144 Å². The fourth-order valence-corrected chi connectivity index (χ4v) is 2.19. The minimum absolute atomic E-state index is 0.00142. The van der Waals surface area contributed by atoms with Crippen LogP contribution in [0.2, 0.25) is 0 Å². The van der Waals surface area contributed by atoms with Gasteiger partial charge < -0.3 is 19.5 Å². The molecule has 1 unspecified atom stereocenters. The monoisotopic (exact) mass is 329 g/mol. The largest absolute Gasteiger partial charge is 0.493 e. The van der Waals surface area contributed by atoms with Gasteiger partial charge in [0.2, 0.25) is 0 Å².